The van der Waals surface area contributed by atoms with E-state index in [1.165, 1.54) is 11.3 Å². The highest BCUT2D eigenvalue weighted by atomic mass is 15.0. The number of anilines is 3. The lowest BCUT2D eigenvalue weighted by molar-refractivity contribution is 0.830. The lowest BCUT2D eigenvalue weighted by atomic mass is 10.0. The second-order valence-corrected chi connectivity index (χ2v) is 5.44. The van der Waals surface area contributed by atoms with E-state index in [1.54, 1.807) is 0 Å². The molecule has 21 heavy (non-hydrogen) atoms. The summed E-state index contributed by atoms with van der Waals surface area (Å²) >= 11 is 0. The summed E-state index contributed by atoms with van der Waals surface area (Å²) in [6.45, 7) is 4.92. The standard InChI is InChI=1S/C17H18N4/c1-11-8-12(2)20-17(15(11)10-18)21-14-5-6-16-13(9-14)4-3-7-19-16/h5-6,8-9,19H,3-4,7H2,1-2H3,(H,20,21). The van der Waals surface area contributed by atoms with E-state index in [0.717, 1.165) is 36.3 Å². The van der Waals surface area contributed by atoms with Gasteiger partial charge in [-0.25, -0.2) is 4.98 Å². The van der Waals surface area contributed by atoms with Gasteiger partial charge in [0.15, 0.2) is 0 Å². The number of nitriles is 1. The number of benzene rings is 1. The van der Waals surface area contributed by atoms with Crippen LogP contribution >= 0.6 is 0 Å². The number of fused-ring (bicyclic) bond motifs is 1. The molecule has 0 fully saturated rings. The molecule has 0 aliphatic carbocycles. The number of hydrogen-bond acceptors (Lipinski definition) is 4. The Bertz CT molecular complexity index is 728. The molecule has 3 rings (SSSR count). The van der Waals surface area contributed by atoms with Gasteiger partial charge in [-0.05, 0) is 62.1 Å². The number of pyridine rings is 1. The molecular weight excluding hydrogens is 260 g/mol. The maximum absolute atomic E-state index is 9.32. The summed E-state index contributed by atoms with van der Waals surface area (Å²) in [5.41, 5.74) is 5.97. The molecule has 2 aromatic rings. The Morgan fingerprint density at radius 2 is 2.14 bits per heavy atom. The minimum absolute atomic E-state index is 0.608. The van der Waals surface area contributed by atoms with Crippen molar-refractivity contribution in [3.05, 3.63) is 46.6 Å². The number of nitrogens with one attached hydrogen (secondary N) is 2. The fourth-order valence-corrected chi connectivity index (χ4v) is 2.76. The molecule has 0 saturated carbocycles. The quantitative estimate of drug-likeness (QED) is 0.880. The van der Waals surface area contributed by atoms with Crippen molar-refractivity contribution < 1.29 is 0 Å². The zero-order chi connectivity index (χ0) is 14.8. The molecule has 1 aromatic carbocycles. The number of hydrogen-bond donors (Lipinski definition) is 2. The highest BCUT2D eigenvalue weighted by Gasteiger charge is 2.12. The van der Waals surface area contributed by atoms with Crippen LogP contribution in [-0.4, -0.2) is 11.5 Å². The van der Waals surface area contributed by atoms with Crippen LogP contribution < -0.4 is 10.6 Å². The summed E-state index contributed by atoms with van der Waals surface area (Å²) in [5, 5.41) is 16.0. The zero-order valence-corrected chi connectivity index (χ0v) is 12.3. The molecule has 4 nitrogen and oxygen atoms in total. The van der Waals surface area contributed by atoms with Crippen LogP contribution in [0, 0.1) is 25.2 Å². The molecule has 0 amide bonds. The Hall–Kier alpha value is -2.54. The highest BCUT2D eigenvalue weighted by Crippen LogP contribution is 2.28. The molecule has 0 radical (unpaired) electrons. The first kappa shape index (κ1) is 13.4. The molecule has 2 N–H and O–H groups in total. The van der Waals surface area contributed by atoms with Crippen molar-refractivity contribution in [1.29, 1.82) is 5.26 Å². The Morgan fingerprint density at radius 1 is 1.29 bits per heavy atom. The number of aryl methyl sites for hydroxylation is 3. The van der Waals surface area contributed by atoms with Gasteiger partial charge >= 0.3 is 0 Å². The molecule has 0 spiro atoms. The van der Waals surface area contributed by atoms with E-state index in [4.69, 9.17) is 0 Å². The smallest absolute Gasteiger partial charge is 0.148 e. The van der Waals surface area contributed by atoms with Crippen LogP contribution in [0.2, 0.25) is 0 Å². The van der Waals surface area contributed by atoms with Crippen LogP contribution in [0.3, 0.4) is 0 Å². The first-order chi connectivity index (χ1) is 10.2. The second kappa shape index (κ2) is 5.45. The van der Waals surface area contributed by atoms with Gasteiger partial charge in [0.1, 0.15) is 11.9 Å². The third kappa shape index (κ3) is 2.68. The predicted molar refractivity (Wildman–Crippen MR) is 85.0 cm³/mol. The van der Waals surface area contributed by atoms with Gasteiger partial charge < -0.3 is 10.6 Å². The van der Waals surface area contributed by atoms with Gasteiger partial charge in [-0.1, -0.05) is 0 Å². The average molecular weight is 278 g/mol. The fourth-order valence-electron chi connectivity index (χ4n) is 2.76. The maximum atomic E-state index is 9.32. The molecule has 0 atom stereocenters. The minimum Gasteiger partial charge on any atom is -0.385 e. The van der Waals surface area contributed by atoms with E-state index < -0.39 is 0 Å². The lowest BCUT2D eigenvalue weighted by Crippen LogP contribution is -2.11. The molecule has 106 valence electrons. The van der Waals surface area contributed by atoms with E-state index in [1.807, 2.05) is 26.0 Å². The summed E-state index contributed by atoms with van der Waals surface area (Å²) in [4.78, 5) is 4.46. The molecule has 1 aliphatic rings. The molecule has 0 saturated heterocycles. The van der Waals surface area contributed by atoms with E-state index in [0.29, 0.717) is 11.4 Å². The van der Waals surface area contributed by atoms with Gasteiger partial charge in [0.25, 0.3) is 0 Å². The summed E-state index contributed by atoms with van der Waals surface area (Å²) in [5.74, 6) is 0.638. The molecular formula is C17H18N4. The van der Waals surface area contributed by atoms with Gasteiger partial charge in [-0.3, -0.25) is 0 Å². The Kier molecular flexibility index (Phi) is 3.49. The Morgan fingerprint density at radius 3 is 2.95 bits per heavy atom. The van der Waals surface area contributed by atoms with Crippen LogP contribution in [0.15, 0.2) is 24.3 Å². The summed E-state index contributed by atoms with van der Waals surface area (Å²) in [7, 11) is 0. The van der Waals surface area contributed by atoms with Crippen LogP contribution in [0.1, 0.15) is 28.8 Å². The summed E-state index contributed by atoms with van der Waals surface area (Å²) in [6, 6.07) is 10.4. The number of aromatic nitrogens is 1. The van der Waals surface area contributed by atoms with Gasteiger partial charge in [-0.15, -0.1) is 0 Å². The molecule has 2 heterocycles. The Balaban J connectivity index is 1.96. The molecule has 0 unspecified atom stereocenters. The van der Waals surface area contributed by atoms with Gasteiger partial charge in [0, 0.05) is 23.6 Å². The monoisotopic (exact) mass is 278 g/mol. The predicted octanol–water partition coefficient (Wildman–Crippen LogP) is 3.67. The van der Waals surface area contributed by atoms with E-state index in [-0.39, 0.29) is 0 Å². The van der Waals surface area contributed by atoms with Crippen LogP contribution in [-0.2, 0) is 6.42 Å². The van der Waals surface area contributed by atoms with Gasteiger partial charge in [0.05, 0.1) is 5.56 Å². The van der Waals surface area contributed by atoms with E-state index in [9.17, 15) is 5.26 Å². The van der Waals surface area contributed by atoms with Crippen molar-refractivity contribution in [2.45, 2.75) is 26.7 Å². The van der Waals surface area contributed by atoms with Crippen molar-refractivity contribution in [2.24, 2.45) is 0 Å². The van der Waals surface area contributed by atoms with Gasteiger partial charge in [0.2, 0.25) is 0 Å². The average Bonchev–Trinajstić information content (AvgIpc) is 2.47. The SMILES string of the molecule is Cc1cc(C)c(C#N)c(Nc2ccc3c(c2)CCCN3)n1. The van der Waals surface area contributed by atoms with Crippen molar-refractivity contribution in [3.8, 4) is 6.07 Å². The topological polar surface area (TPSA) is 60.7 Å². The first-order valence-corrected chi connectivity index (χ1v) is 7.19. The van der Waals surface area contributed by atoms with Crippen molar-refractivity contribution in [2.75, 3.05) is 17.2 Å². The molecule has 0 bridgehead atoms. The Labute approximate surface area is 124 Å². The third-order valence-electron chi connectivity index (χ3n) is 3.76. The highest BCUT2D eigenvalue weighted by molar-refractivity contribution is 5.68. The van der Waals surface area contributed by atoms with Crippen LogP contribution in [0.25, 0.3) is 0 Å². The molecule has 1 aliphatic heterocycles. The van der Waals surface area contributed by atoms with E-state index >= 15 is 0 Å². The van der Waals surface area contributed by atoms with Gasteiger partial charge in [-0.2, -0.15) is 5.26 Å². The largest absolute Gasteiger partial charge is 0.385 e. The molecule has 1 aromatic heterocycles. The van der Waals surface area contributed by atoms with E-state index in [2.05, 4.69) is 33.8 Å². The van der Waals surface area contributed by atoms with Crippen molar-refractivity contribution >= 4 is 17.2 Å². The number of nitrogens with zero attached hydrogens (tertiary/aromatic N) is 2. The van der Waals surface area contributed by atoms with Crippen LogP contribution in [0.4, 0.5) is 17.2 Å². The minimum atomic E-state index is 0.608. The van der Waals surface area contributed by atoms with Crippen molar-refractivity contribution in [1.82, 2.24) is 4.98 Å². The molecule has 4 heteroatoms. The second-order valence-electron chi connectivity index (χ2n) is 5.44. The maximum Gasteiger partial charge on any atom is 0.148 e. The zero-order valence-electron chi connectivity index (χ0n) is 12.3. The van der Waals surface area contributed by atoms with Crippen molar-refractivity contribution in [3.63, 3.8) is 0 Å². The fraction of sp³-hybridized carbons (Fsp3) is 0.294. The lowest BCUT2D eigenvalue weighted by Gasteiger charge is -2.19. The van der Waals surface area contributed by atoms with Crippen LogP contribution in [0.5, 0.6) is 0 Å². The third-order valence-corrected chi connectivity index (χ3v) is 3.76. The summed E-state index contributed by atoms with van der Waals surface area (Å²) < 4.78 is 0. The number of rotatable bonds is 2. The first-order valence-electron chi connectivity index (χ1n) is 7.19. The summed E-state index contributed by atoms with van der Waals surface area (Å²) in [6.07, 6.45) is 2.24. The normalized spacial score (nSPS) is 13.0.